The van der Waals surface area contributed by atoms with Crippen LogP contribution in [0, 0.1) is 13.8 Å². The standard InChI is InChI=1S/C30H31N5O3S/c1-5-27(37)32-24-14-11-21(17-26(24)38-4)35-29(28(33-30(35)39)25-8-6-7-15-31-25)23-16-18(2)34(19(23)3)20-9-12-22(36)13-10-20/h6-17,28-29,36H,5H2,1-4H3,(H,32,37)(H,33,39)/t28-,29-/m1/s1. The maximum Gasteiger partial charge on any atom is 0.224 e. The highest BCUT2D eigenvalue weighted by atomic mass is 32.1. The molecule has 0 radical (unpaired) electrons. The van der Waals surface area contributed by atoms with Crippen LogP contribution in [0.5, 0.6) is 11.5 Å². The Morgan fingerprint density at radius 3 is 2.51 bits per heavy atom. The summed E-state index contributed by atoms with van der Waals surface area (Å²) in [5, 5.41) is 16.8. The zero-order valence-electron chi connectivity index (χ0n) is 22.3. The summed E-state index contributed by atoms with van der Waals surface area (Å²) in [6.45, 7) is 5.97. The third-order valence-corrected chi connectivity index (χ3v) is 7.37. The van der Waals surface area contributed by atoms with Gasteiger partial charge in [0.1, 0.15) is 11.5 Å². The molecule has 1 saturated heterocycles. The van der Waals surface area contributed by atoms with Crippen LogP contribution in [0.15, 0.2) is 72.9 Å². The maximum absolute atomic E-state index is 12.1. The molecular weight excluding hydrogens is 510 g/mol. The molecule has 0 spiro atoms. The van der Waals surface area contributed by atoms with Crippen LogP contribution in [-0.4, -0.2) is 32.8 Å². The van der Waals surface area contributed by atoms with Gasteiger partial charge in [-0.15, -0.1) is 0 Å². The monoisotopic (exact) mass is 541 g/mol. The lowest BCUT2D eigenvalue weighted by atomic mass is 9.96. The second-order valence-electron chi connectivity index (χ2n) is 9.46. The molecule has 9 heteroatoms. The number of rotatable bonds is 7. The number of aryl methyl sites for hydroxylation is 1. The minimum absolute atomic E-state index is 0.0887. The van der Waals surface area contributed by atoms with Gasteiger partial charge < -0.3 is 29.9 Å². The van der Waals surface area contributed by atoms with Crippen molar-refractivity contribution in [3.05, 3.63) is 95.6 Å². The molecule has 2 aromatic heterocycles. The van der Waals surface area contributed by atoms with Crippen molar-refractivity contribution in [1.29, 1.82) is 0 Å². The van der Waals surface area contributed by atoms with Crippen molar-refractivity contribution in [2.45, 2.75) is 39.3 Å². The third kappa shape index (κ3) is 4.93. The van der Waals surface area contributed by atoms with Gasteiger partial charge in [0.25, 0.3) is 0 Å². The molecule has 200 valence electrons. The Bertz CT molecular complexity index is 1520. The molecule has 5 rings (SSSR count). The van der Waals surface area contributed by atoms with Gasteiger partial charge in [-0.25, -0.2) is 0 Å². The highest BCUT2D eigenvalue weighted by molar-refractivity contribution is 7.80. The molecule has 0 aliphatic carbocycles. The number of aromatic hydroxyl groups is 1. The van der Waals surface area contributed by atoms with Crippen molar-refractivity contribution in [1.82, 2.24) is 14.9 Å². The van der Waals surface area contributed by atoms with E-state index in [1.807, 2.05) is 55.5 Å². The third-order valence-electron chi connectivity index (χ3n) is 7.05. The molecule has 3 heterocycles. The molecular formula is C30H31N5O3S. The Hall–Kier alpha value is -4.37. The van der Waals surface area contributed by atoms with Crippen molar-refractivity contribution in [3.63, 3.8) is 0 Å². The number of phenolic OH excluding ortho intramolecular Hbond substituents is 1. The van der Waals surface area contributed by atoms with Crippen LogP contribution in [0.2, 0.25) is 0 Å². The lowest BCUT2D eigenvalue weighted by Crippen LogP contribution is -2.29. The number of anilines is 2. The smallest absolute Gasteiger partial charge is 0.224 e. The number of methoxy groups -OCH3 is 1. The van der Waals surface area contributed by atoms with Gasteiger partial charge in [-0.3, -0.25) is 9.78 Å². The number of thiocarbonyl (C=S) groups is 1. The van der Waals surface area contributed by atoms with Gasteiger partial charge in [0.05, 0.1) is 30.6 Å². The highest BCUT2D eigenvalue weighted by Gasteiger charge is 2.42. The molecule has 0 unspecified atom stereocenters. The van der Waals surface area contributed by atoms with Crippen LogP contribution in [0.3, 0.4) is 0 Å². The number of carbonyl (C=O) groups is 1. The van der Waals surface area contributed by atoms with Gasteiger partial charge in [0.15, 0.2) is 5.11 Å². The van der Waals surface area contributed by atoms with E-state index in [0.717, 1.165) is 34.0 Å². The largest absolute Gasteiger partial charge is 0.508 e. The number of carbonyl (C=O) groups excluding carboxylic acids is 1. The molecule has 0 bridgehead atoms. The minimum atomic E-state index is -0.217. The molecule has 1 fully saturated rings. The quantitative estimate of drug-likeness (QED) is 0.258. The number of amides is 1. The highest BCUT2D eigenvalue weighted by Crippen LogP contribution is 2.45. The number of benzene rings is 2. The lowest BCUT2D eigenvalue weighted by molar-refractivity contribution is -0.115. The van der Waals surface area contributed by atoms with Gasteiger partial charge in [-0.2, -0.15) is 0 Å². The van der Waals surface area contributed by atoms with E-state index in [9.17, 15) is 9.90 Å². The number of ether oxygens (including phenoxy) is 1. The minimum Gasteiger partial charge on any atom is -0.508 e. The fourth-order valence-electron chi connectivity index (χ4n) is 5.21. The summed E-state index contributed by atoms with van der Waals surface area (Å²) in [7, 11) is 1.58. The normalized spacial score (nSPS) is 16.7. The Morgan fingerprint density at radius 1 is 1.10 bits per heavy atom. The van der Waals surface area contributed by atoms with E-state index in [0.29, 0.717) is 23.0 Å². The van der Waals surface area contributed by atoms with E-state index in [-0.39, 0.29) is 23.7 Å². The van der Waals surface area contributed by atoms with Gasteiger partial charge in [0.2, 0.25) is 5.91 Å². The summed E-state index contributed by atoms with van der Waals surface area (Å²) in [4.78, 5) is 18.8. The molecule has 8 nitrogen and oxygen atoms in total. The topological polar surface area (TPSA) is 91.7 Å². The van der Waals surface area contributed by atoms with Crippen molar-refractivity contribution < 1.29 is 14.6 Å². The number of nitrogens with zero attached hydrogens (tertiary/aromatic N) is 3. The number of nitrogens with one attached hydrogen (secondary N) is 2. The van der Waals surface area contributed by atoms with E-state index in [4.69, 9.17) is 17.0 Å². The number of aromatic nitrogens is 2. The van der Waals surface area contributed by atoms with E-state index < -0.39 is 0 Å². The van der Waals surface area contributed by atoms with Crippen molar-refractivity contribution >= 4 is 34.6 Å². The average molecular weight is 542 g/mol. The summed E-state index contributed by atoms with van der Waals surface area (Å²) < 4.78 is 7.83. The van der Waals surface area contributed by atoms with Gasteiger partial charge >= 0.3 is 0 Å². The first kappa shape index (κ1) is 26.2. The molecule has 1 amide bonds. The molecule has 1 aliphatic rings. The maximum atomic E-state index is 12.1. The zero-order valence-corrected chi connectivity index (χ0v) is 23.1. The summed E-state index contributed by atoms with van der Waals surface area (Å²) >= 11 is 5.91. The number of pyridine rings is 1. The van der Waals surface area contributed by atoms with E-state index >= 15 is 0 Å². The van der Waals surface area contributed by atoms with Crippen LogP contribution in [0.4, 0.5) is 11.4 Å². The van der Waals surface area contributed by atoms with Crippen LogP contribution in [-0.2, 0) is 4.79 Å². The molecule has 0 saturated carbocycles. The molecule has 2 atom stereocenters. The predicted molar refractivity (Wildman–Crippen MR) is 157 cm³/mol. The van der Waals surface area contributed by atoms with Gasteiger partial charge in [0, 0.05) is 41.4 Å². The molecule has 4 aromatic rings. The number of hydrogen-bond donors (Lipinski definition) is 3. The van der Waals surface area contributed by atoms with E-state index in [1.165, 1.54) is 0 Å². The first-order valence-corrected chi connectivity index (χ1v) is 13.2. The zero-order chi connectivity index (χ0) is 27.7. The number of phenols is 1. The van der Waals surface area contributed by atoms with Crippen LogP contribution < -0.4 is 20.3 Å². The van der Waals surface area contributed by atoms with Crippen molar-refractivity contribution in [2.75, 3.05) is 17.3 Å². The summed E-state index contributed by atoms with van der Waals surface area (Å²) in [6.07, 6.45) is 2.16. The summed E-state index contributed by atoms with van der Waals surface area (Å²) in [5.41, 5.74) is 6.47. The van der Waals surface area contributed by atoms with E-state index in [1.54, 1.807) is 25.4 Å². The molecule has 1 aliphatic heterocycles. The van der Waals surface area contributed by atoms with Crippen LogP contribution in [0.25, 0.3) is 5.69 Å². The van der Waals surface area contributed by atoms with Crippen LogP contribution >= 0.6 is 12.2 Å². The summed E-state index contributed by atoms with van der Waals surface area (Å²) in [5.74, 6) is 0.682. The van der Waals surface area contributed by atoms with Crippen LogP contribution in [0.1, 0.15) is 48.1 Å². The van der Waals surface area contributed by atoms with E-state index in [2.05, 4.69) is 45.0 Å². The summed E-state index contributed by atoms with van der Waals surface area (Å²) in [6, 6.07) is 20.5. The molecule has 2 aromatic carbocycles. The number of hydrogen-bond acceptors (Lipinski definition) is 5. The fourth-order valence-corrected chi connectivity index (χ4v) is 5.55. The Labute approximate surface area is 233 Å². The second kappa shape index (κ2) is 10.8. The lowest BCUT2D eigenvalue weighted by Gasteiger charge is -2.29. The molecule has 39 heavy (non-hydrogen) atoms. The SMILES string of the molecule is CCC(=O)Nc1ccc(N2C(=S)N[C@H](c3ccccn3)[C@H]2c2cc(C)n(-c3ccc(O)cc3)c2C)cc1OC. The Balaban J connectivity index is 1.64. The predicted octanol–water partition coefficient (Wildman–Crippen LogP) is 5.73. The Kier molecular flexibility index (Phi) is 7.26. The Morgan fingerprint density at radius 2 is 1.85 bits per heavy atom. The average Bonchev–Trinajstić information content (AvgIpc) is 3.44. The van der Waals surface area contributed by atoms with Gasteiger partial charge in [-0.05, 0) is 86.2 Å². The molecule has 3 N–H and O–H groups in total. The van der Waals surface area contributed by atoms with Gasteiger partial charge in [-0.1, -0.05) is 13.0 Å². The van der Waals surface area contributed by atoms with Crippen molar-refractivity contribution in [2.24, 2.45) is 0 Å². The first-order chi connectivity index (χ1) is 18.8. The van der Waals surface area contributed by atoms with Crippen molar-refractivity contribution in [3.8, 4) is 17.2 Å². The first-order valence-electron chi connectivity index (χ1n) is 12.8. The fraction of sp³-hybridized carbons (Fsp3) is 0.233. The second-order valence-corrected chi connectivity index (χ2v) is 9.85.